The lowest BCUT2D eigenvalue weighted by atomic mass is 10.1. The molecule has 0 saturated carbocycles. The van der Waals surface area contributed by atoms with E-state index in [4.69, 9.17) is 10.9 Å². The predicted octanol–water partition coefficient (Wildman–Crippen LogP) is 3.38. The molecule has 0 radical (unpaired) electrons. The van der Waals surface area contributed by atoms with Gasteiger partial charge in [-0.2, -0.15) is 0 Å². The smallest absolute Gasteiger partial charge is 0.171 e. The minimum atomic E-state index is -0.273. The molecule has 3 N–H and O–H groups in total. The number of oxime groups is 1. The highest BCUT2D eigenvalue weighted by atomic mass is 32.2. The Bertz CT molecular complexity index is 611. The predicted molar refractivity (Wildman–Crippen MR) is 74.2 cm³/mol. The van der Waals surface area contributed by atoms with Crippen molar-refractivity contribution in [2.45, 2.75) is 16.7 Å². The monoisotopic (exact) mass is 276 g/mol. The molecule has 19 heavy (non-hydrogen) atoms. The molecule has 0 spiro atoms. The summed E-state index contributed by atoms with van der Waals surface area (Å²) in [6.07, 6.45) is 0. The van der Waals surface area contributed by atoms with Crippen molar-refractivity contribution in [1.82, 2.24) is 0 Å². The first kappa shape index (κ1) is 13.4. The number of aryl methyl sites for hydroxylation is 1. The molecule has 0 aliphatic heterocycles. The highest BCUT2D eigenvalue weighted by molar-refractivity contribution is 7.99. The van der Waals surface area contributed by atoms with Crippen LogP contribution in [0.2, 0.25) is 0 Å². The summed E-state index contributed by atoms with van der Waals surface area (Å²) in [5.74, 6) is -0.210. The largest absolute Gasteiger partial charge is 0.409 e. The number of nitrogens with zero attached hydrogens (tertiary/aromatic N) is 1. The van der Waals surface area contributed by atoms with Gasteiger partial charge in [0.1, 0.15) is 5.82 Å². The molecule has 98 valence electrons. The van der Waals surface area contributed by atoms with Crippen molar-refractivity contribution in [1.29, 1.82) is 0 Å². The Morgan fingerprint density at radius 2 is 1.89 bits per heavy atom. The van der Waals surface area contributed by atoms with E-state index in [9.17, 15) is 4.39 Å². The standard InChI is InChI=1S/C14H13FN2OS/c1-9-2-7-13(12(8-9)14(16)17-18)19-11-5-3-10(15)4-6-11/h2-8,18H,1H3,(H2,16,17). The topological polar surface area (TPSA) is 58.6 Å². The Hall–Kier alpha value is -2.01. The normalized spacial score (nSPS) is 11.6. The second-order valence-corrected chi connectivity index (χ2v) is 5.16. The van der Waals surface area contributed by atoms with Gasteiger partial charge in [-0.25, -0.2) is 4.39 Å². The quantitative estimate of drug-likeness (QED) is 0.391. The number of rotatable bonds is 3. The zero-order chi connectivity index (χ0) is 13.8. The fraction of sp³-hybridized carbons (Fsp3) is 0.0714. The summed E-state index contributed by atoms with van der Waals surface area (Å²) in [7, 11) is 0. The van der Waals surface area contributed by atoms with Crippen LogP contribution < -0.4 is 5.73 Å². The van der Waals surface area contributed by atoms with E-state index in [0.29, 0.717) is 5.56 Å². The lowest BCUT2D eigenvalue weighted by Gasteiger charge is -2.09. The summed E-state index contributed by atoms with van der Waals surface area (Å²) in [6.45, 7) is 1.93. The van der Waals surface area contributed by atoms with Crippen LogP contribution in [0.4, 0.5) is 4.39 Å². The van der Waals surface area contributed by atoms with Gasteiger partial charge in [0.25, 0.3) is 0 Å². The molecule has 0 aliphatic carbocycles. The van der Waals surface area contributed by atoms with Gasteiger partial charge in [0.2, 0.25) is 0 Å². The summed E-state index contributed by atoms with van der Waals surface area (Å²) >= 11 is 1.44. The minimum Gasteiger partial charge on any atom is -0.409 e. The molecule has 0 heterocycles. The zero-order valence-electron chi connectivity index (χ0n) is 10.3. The molecule has 0 aliphatic rings. The van der Waals surface area contributed by atoms with Crippen LogP contribution in [0.3, 0.4) is 0 Å². The van der Waals surface area contributed by atoms with Crippen LogP contribution in [0.1, 0.15) is 11.1 Å². The maximum atomic E-state index is 12.9. The van der Waals surface area contributed by atoms with E-state index in [1.165, 1.54) is 23.9 Å². The van der Waals surface area contributed by atoms with E-state index < -0.39 is 0 Å². The van der Waals surface area contributed by atoms with Crippen LogP contribution in [0.5, 0.6) is 0 Å². The third-order valence-corrected chi connectivity index (χ3v) is 3.64. The molecular formula is C14H13FN2OS. The fourth-order valence-corrected chi connectivity index (χ4v) is 2.55. The Morgan fingerprint density at radius 3 is 2.53 bits per heavy atom. The van der Waals surface area contributed by atoms with Crippen LogP contribution in [-0.4, -0.2) is 11.0 Å². The van der Waals surface area contributed by atoms with Gasteiger partial charge in [-0.15, -0.1) is 0 Å². The van der Waals surface area contributed by atoms with Gasteiger partial charge < -0.3 is 10.9 Å². The second kappa shape index (κ2) is 5.75. The van der Waals surface area contributed by atoms with Crippen molar-refractivity contribution >= 4 is 17.6 Å². The molecule has 0 saturated heterocycles. The van der Waals surface area contributed by atoms with Crippen molar-refractivity contribution in [2.75, 3.05) is 0 Å². The average molecular weight is 276 g/mol. The Kier molecular flexibility index (Phi) is 4.06. The second-order valence-electron chi connectivity index (χ2n) is 4.04. The number of hydrogen-bond acceptors (Lipinski definition) is 3. The van der Waals surface area contributed by atoms with Gasteiger partial charge in [-0.05, 0) is 43.3 Å². The van der Waals surface area contributed by atoms with Crippen molar-refractivity contribution in [3.05, 3.63) is 59.4 Å². The maximum absolute atomic E-state index is 12.9. The minimum absolute atomic E-state index is 0.0633. The van der Waals surface area contributed by atoms with E-state index in [-0.39, 0.29) is 11.7 Å². The maximum Gasteiger partial charge on any atom is 0.171 e. The number of nitrogens with two attached hydrogens (primary N) is 1. The average Bonchev–Trinajstić information content (AvgIpc) is 2.42. The van der Waals surface area contributed by atoms with Gasteiger partial charge in [0.05, 0.1) is 0 Å². The van der Waals surface area contributed by atoms with Gasteiger partial charge >= 0.3 is 0 Å². The molecule has 0 aromatic heterocycles. The summed E-state index contributed by atoms with van der Waals surface area (Å²) in [6, 6.07) is 11.9. The van der Waals surface area contributed by atoms with Crippen LogP contribution >= 0.6 is 11.8 Å². The summed E-state index contributed by atoms with van der Waals surface area (Å²) < 4.78 is 12.9. The number of hydrogen-bond donors (Lipinski definition) is 2. The molecule has 5 heteroatoms. The first-order valence-electron chi connectivity index (χ1n) is 5.62. The molecule has 0 atom stereocenters. The number of halogens is 1. The highest BCUT2D eigenvalue weighted by Crippen LogP contribution is 2.31. The molecule has 0 fully saturated rings. The molecule has 3 nitrogen and oxygen atoms in total. The van der Waals surface area contributed by atoms with Gasteiger partial charge in [-0.3, -0.25) is 0 Å². The Balaban J connectivity index is 2.37. The van der Waals surface area contributed by atoms with E-state index >= 15 is 0 Å². The molecule has 0 amide bonds. The lowest BCUT2D eigenvalue weighted by molar-refractivity contribution is 0.318. The number of benzene rings is 2. The Morgan fingerprint density at radius 1 is 1.21 bits per heavy atom. The summed E-state index contributed by atoms with van der Waals surface area (Å²) in [5, 5.41) is 11.8. The first-order valence-corrected chi connectivity index (χ1v) is 6.44. The van der Waals surface area contributed by atoms with E-state index in [1.54, 1.807) is 12.1 Å². The molecule has 2 aromatic carbocycles. The van der Waals surface area contributed by atoms with Gasteiger partial charge in [0.15, 0.2) is 5.84 Å². The Labute approximate surface area is 114 Å². The van der Waals surface area contributed by atoms with Crippen LogP contribution in [-0.2, 0) is 0 Å². The van der Waals surface area contributed by atoms with Crippen molar-refractivity contribution in [3.63, 3.8) is 0 Å². The lowest BCUT2D eigenvalue weighted by Crippen LogP contribution is -2.14. The SMILES string of the molecule is Cc1ccc(Sc2ccc(F)cc2)c(/C(N)=N/O)c1. The van der Waals surface area contributed by atoms with Crippen LogP contribution in [0.25, 0.3) is 0 Å². The van der Waals surface area contributed by atoms with Crippen LogP contribution in [0, 0.1) is 12.7 Å². The molecule has 0 bridgehead atoms. The van der Waals surface area contributed by atoms with Crippen LogP contribution in [0.15, 0.2) is 57.4 Å². The molecule has 2 rings (SSSR count). The third kappa shape index (κ3) is 3.26. The first-order chi connectivity index (χ1) is 9.10. The van der Waals surface area contributed by atoms with Gasteiger partial charge in [0, 0.05) is 15.4 Å². The van der Waals surface area contributed by atoms with E-state index in [2.05, 4.69) is 5.16 Å². The fourth-order valence-electron chi connectivity index (χ4n) is 1.62. The van der Waals surface area contributed by atoms with E-state index in [0.717, 1.165) is 15.4 Å². The van der Waals surface area contributed by atoms with Gasteiger partial charge in [-0.1, -0.05) is 28.5 Å². The molecule has 0 unspecified atom stereocenters. The third-order valence-electron chi connectivity index (χ3n) is 2.56. The van der Waals surface area contributed by atoms with E-state index in [1.807, 2.05) is 25.1 Å². The highest BCUT2D eigenvalue weighted by Gasteiger charge is 2.09. The van der Waals surface area contributed by atoms with Crippen molar-refractivity contribution in [3.8, 4) is 0 Å². The zero-order valence-corrected chi connectivity index (χ0v) is 11.1. The van der Waals surface area contributed by atoms with Crippen molar-refractivity contribution in [2.24, 2.45) is 10.9 Å². The number of amidine groups is 1. The molecular weight excluding hydrogens is 263 g/mol. The molecule has 2 aromatic rings. The van der Waals surface area contributed by atoms with Crippen molar-refractivity contribution < 1.29 is 9.60 Å². The summed E-state index contributed by atoms with van der Waals surface area (Å²) in [5.41, 5.74) is 7.35. The summed E-state index contributed by atoms with van der Waals surface area (Å²) in [4.78, 5) is 1.74.